The monoisotopic (exact) mass is 288 g/mol. The SMILES string of the molecule is CB1CCc2ccc(S(=O)c3cccc(Cl)c3)cc21. The Balaban J connectivity index is 1.99. The van der Waals surface area contributed by atoms with Crippen LogP contribution in [0.5, 0.6) is 0 Å². The molecule has 0 aliphatic carbocycles. The summed E-state index contributed by atoms with van der Waals surface area (Å²) < 4.78 is 12.6. The van der Waals surface area contributed by atoms with Gasteiger partial charge in [-0.15, -0.1) is 0 Å². The van der Waals surface area contributed by atoms with Gasteiger partial charge < -0.3 is 0 Å². The van der Waals surface area contributed by atoms with Gasteiger partial charge in [-0.3, -0.25) is 0 Å². The van der Waals surface area contributed by atoms with Crippen molar-refractivity contribution >= 4 is 34.6 Å². The smallest absolute Gasteiger partial charge is 0.173 e. The van der Waals surface area contributed by atoms with Gasteiger partial charge in [0.2, 0.25) is 0 Å². The molecule has 0 aromatic heterocycles. The maximum Gasteiger partial charge on any atom is 0.173 e. The minimum atomic E-state index is -1.15. The summed E-state index contributed by atoms with van der Waals surface area (Å²) in [4.78, 5) is 1.63. The van der Waals surface area contributed by atoms with Crippen LogP contribution in [0.3, 0.4) is 0 Å². The van der Waals surface area contributed by atoms with Crippen LogP contribution in [0.4, 0.5) is 0 Å². The molecule has 0 fully saturated rings. The number of hydrogen-bond donors (Lipinski definition) is 0. The Kier molecular flexibility index (Phi) is 3.51. The second-order valence-corrected chi connectivity index (χ2v) is 6.94. The van der Waals surface area contributed by atoms with Crippen molar-refractivity contribution in [2.75, 3.05) is 0 Å². The first kappa shape index (κ1) is 13.0. The van der Waals surface area contributed by atoms with Crippen molar-refractivity contribution in [1.82, 2.24) is 0 Å². The van der Waals surface area contributed by atoms with Crippen LogP contribution in [-0.2, 0) is 17.2 Å². The molecule has 0 saturated carbocycles. The average Bonchev–Trinajstić information content (AvgIpc) is 2.79. The molecule has 19 heavy (non-hydrogen) atoms. The van der Waals surface area contributed by atoms with E-state index < -0.39 is 10.8 Å². The number of fused-ring (bicyclic) bond motifs is 1. The Bertz CT molecular complexity index is 656. The lowest BCUT2D eigenvalue weighted by atomic mass is 9.48. The zero-order valence-electron chi connectivity index (χ0n) is 10.7. The van der Waals surface area contributed by atoms with E-state index in [9.17, 15) is 4.21 Å². The minimum Gasteiger partial charge on any atom is -0.249 e. The van der Waals surface area contributed by atoms with Gasteiger partial charge in [-0.05, 0) is 30.7 Å². The summed E-state index contributed by atoms with van der Waals surface area (Å²) in [5.41, 5.74) is 2.76. The molecule has 0 amide bonds. The Hall–Kier alpha value is -1.06. The number of rotatable bonds is 2. The van der Waals surface area contributed by atoms with E-state index in [1.807, 2.05) is 18.2 Å². The fraction of sp³-hybridized carbons (Fsp3) is 0.200. The molecule has 4 heteroatoms. The summed E-state index contributed by atoms with van der Waals surface area (Å²) in [5.74, 6) is 0. The zero-order valence-corrected chi connectivity index (χ0v) is 12.3. The van der Waals surface area contributed by atoms with E-state index in [-0.39, 0.29) is 0 Å². The van der Waals surface area contributed by atoms with Crippen molar-refractivity contribution in [2.45, 2.75) is 29.4 Å². The van der Waals surface area contributed by atoms with E-state index in [2.05, 4.69) is 19.0 Å². The third kappa shape index (κ3) is 2.50. The topological polar surface area (TPSA) is 17.1 Å². The molecule has 0 spiro atoms. The molecule has 3 rings (SSSR count). The highest BCUT2D eigenvalue weighted by atomic mass is 35.5. The van der Waals surface area contributed by atoms with Crippen LogP contribution < -0.4 is 5.46 Å². The van der Waals surface area contributed by atoms with Crippen molar-refractivity contribution in [1.29, 1.82) is 0 Å². The van der Waals surface area contributed by atoms with Crippen LogP contribution in [0.1, 0.15) is 5.56 Å². The Morgan fingerprint density at radius 2 is 1.95 bits per heavy atom. The lowest BCUT2D eigenvalue weighted by Gasteiger charge is -2.07. The predicted octanol–water partition coefficient (Wildman–Crippen LogP) is 3.39. The standard InChI is InChI=1S/C15H14BClOS/c1-16-8-7-11-5-6-14(10-15(11)16)19(18)13-4-2-3-12(17)9-13/h2-6,9-10H,7-8H2,1H3. The molecule has 1 aliphatic heterocycles. The largest absolute Gasteiger partial charge is 0.249 e. The van der Waals surface area contributed by atoms with Crippen LogP contribution in [0.25, 0.3) is 0 Å². The van der Waals surface area contributed by atoms with E-state index in [1.165, 1.54) is 17.3 Å². The van der Waals surface area contributed by atoms with Crippen LogP contribution in [0.2, 0.25) is 18.2 Å². The molecule has 96 valence electrons. The van der Waals surface area contributed by atoms with E-state index in [0.717, 1.165) is 16.2 Å². The van der Waals surface area contributed by atoms with Crippen molar-refractivity contribution in [3.63, 3.8) is 0 Å². The first-order valence-electron chi connectivity index (χ1n) is 6.45. The highest BCUT2D eigenvalue weighted by molar-refractivity contribution is 7.85. The first-order valence-corrected chi connectivity index (χ1v) is 7.98. The molecule has 1 atom stereocenters. The van der Waals surface area contributed by atoms with E-state index in [1.54, 1.807) is 12.1 Å². The van der Waals surface area contributed by atoms with Gasteiger partial charge >= 0.3 is 0 Å². The first-order chi connectivity index (χ1) is 9.15. The van der Waals surface area contributed by atoms with Crippen molar-refractivity contribution < 1.29 is 4.21 Å². The molecule has 1 unspecified atom stereocenters. The van der Waals surface area contributed by atoms with Gasteiger partial charge in [-0.1, -0.05) is 54.0 Å². The van der Waals surface area contributed by atoms with E-state index >= 15 is 0 Å². The van der Waals surface area contributed by atoms with E-state index in [0.29, 0.717) is 11.7 Å². The maximum absolute atomic E-state index is 12.6. The van der Waals surface area contributed by atoms with Gasteiger partial charge in [0.15, 0.2) is 6.71 Å². The van der Waals surface area contributed by atoms with Gasteiger partial charge in [0.05, 0.1) is 10.8 Å². The van der Waals surface area contributed by atoms with E-state index in [4.69, 9.17) is 11.6 Å². The van der Waals surface area contributed by atoms with Gasteiger partial charge in [0.1, 0.15) is 0 Å². The average molecular weight is 289 g/mol. The molecule has 0 bridgehead atoms. The second-order valence-electron chi connectivity index (χ2n) is 5.03. The molecule has 0 saturated heterocycles. The predicted molar refractivity (Wildman–Crippen MR) is 82.3 cm³/mol. The summed E-state index contributed by atoms with van der Waals surface area (Å²) in [6, 6.07) is 13.5. The molecular weight excluding hydrogens is 274 g/mol. The third-order valence-corrected chi connectivity index (χ3v) is 5.32. The van der Waals surface area contributed by atoms with Gasteiger partial charge in [-0.25, -0.2) is 4.21 Å². The van der Waals surface area contributed by atoms with Gasteiger partial charge in [-0.2, -0.15) is 0 Å². The maximum atomic E-state index is 12.6. The number of halogens is 1. The molecule has 0 radical (unpaired) electrons. The minimum absolute atomic E-state index is 0.575. The Morgan fingerprint density at radius 1 is 1.16 bits per heavy atom. The second kappa shape index (κ2) is 5.14. The molecular formula is C15H14BClOS. The van der Waals surface area contributed by atoms with Crippen LogP contribution in [0.15, 0.2) is 52.3 Å². The summed E-state index contributed by atoms with van der Waals surface area (Å²) in [7, 11) is -1.15. The number of aryl methyl sites for hydroxylation is 1. The van der Waals surface area contributed by atoms with Crippen LogP contribution in [-0.4, -0.2) is 10.9 Å². The Morgan fingerprint density at radius 3 is 2.74 bits per heavy atom. The fourth-order valence-corrected chi connectivity index (χ4v) is 4.01. The molecule has 1 nitrogen and oxygen atoms in total. The summed E-state index contributed by atoms with van der Waals surface area (Å²) >= 11 is 5.96. The molecule has 1 heterocycles. The number of hydrogen-bond acceptors (Lipinski definition) is 1. The van der Waals surface area contributed by atoms with Gasteiger partial charge in [0, 0.05) is 14.8 Å². The van der Waals surface area contributed by atoms with Crippen LogP contribution >= 0.6 is 11.6 Å². The van der Waals surface area contributed by atoms with Crippen molar-refractivity contribution in [3.8, 4) is 0 Å². The normalized spacial score (nSPS) is 15.4. The van der Waals surface area contributed by atoms with Crippen molar-refractivity contribution in [3.05, 3.63) is 53.1 Å². The summed E-state index contributed by atoms with van der Waals surface area (Å²) in [6.07, 6.45) is 2.34. The third-order valence-electron chi connectivity index (χ3n) is 3.72. The lowest BCUT2D eigenvalue weighted by Crippen LogP contribution is -2.22. The highest BCUT2D eigenvalue weighted by Gasteiger charge is 2.22. The van der Waals surface area contributed by atoms with Gasteiger partial charge in [0.25, 0.3) is 0 Å². The molecule has 2 aromatic rings. The highest BCUT2D eigenvalue weighted by Crippen LogP contribution is 2.22. The zero-order chi connectivity index (χ0) is 13.4. The number of benzene rings is 2. The molecule has 2 aromatic carbocycles. The van der Waals surface area contributed by atoms with Crippen LogP contribution in [0, 0.1) is 0 Å². The Labute approximate surface area is 121 Å². The summed E-state index contributed by atoms with van der Waals surface area (Å²) in [5, 5.41) is 0.625. The van der Waals surface area contributed by atoms with Crippen molar-refractivity contribution in [2.24, 2.45) is 0 Å². The molecule has 1 aliphatic rings. The molecule has 0 N–H and O–H groups in total. The quantitative estimate of drug-likeness (QED) is 0.774. The fourth-order valence-electron chi connectivity index (χ4n) is 2.62. The lowest BCUT2D eigenvalue weighted by molar-refractivity contribution is 0.683. The summed E-state index contributed by atoms with van der Waals surface area (Å²) in [6.45, 7) is 2.81.